The van der Waals surface area contributed by atoms with E-state index in [9.17, 15) is 0 Å². The van der Waals surface area contributed by atoms with Crippen LogP contribution in [0.1, 0.15) is 25.8 Å². The molecule has 7 heteroatoms. The molecular formula is C14H17Cl2N5. The molecule has 1 aromatic carbocycles. The first kappa shape index (κ1) is 15.8. The number of aryl methyl sites for hydroxylation is 1. The predicted octanol–water partition coefficient (Wildman–Crippen LogP) is 3.98. The molecule has 2 aromatic rings. The van der Waals surface area contributed by atoms with Gasteiger partial charge >= 0.3 is 0 Å². The van der Waals surface area contributed by atoms with Crippen molar-refractivity contribution in [2.75, 3.05) is 17.0 Å². The Hall–Kier alpha value is -1.59. The third-order valence-corrected chi connectivity index (χ3v) is 3.20. The van der Waals surface area contributed by atoms with Crippen molar-refractivity contribution < 1.29 is 0 Å². The number of benzene rings is 1. The zero-order chi connectivity index (χ0) is 15.2. The van der Waals surface area contributed by atoms with Crippen molar-refractivity contribution in [3.05, 3.63) is 40.4 Å². The summed E-state index contributed by atoms with van der Waals surface area (Å²) in [6, 6.07) is 8.18. The average molecular weight is 326 g/mol. The number of halogens is 2. The van der Waals surface area contributed by atoms with Crippen LogP contribution < -0.4 is 10.4 Å². The van der Waals surface area contributed by atoms with Crippen LogP contribution in [0.25, 0.3) is 0 Å². The van der Waals surface area contributed by atoms with E-state index in [4.69, 9.17) is 23.2 Å². The molecule has 0 radical (unpaired) electrons. The van der Waals surface area contributed by atoms with Gasteiger partial charge in [0.2, 0.25) is 16.5 Å². The van der Waals surface area contributed by atoms with Crippen molar-refractivity contribution in [1.82, 2.24) is 15.0 Å². The van der Waals surface area contributed by atoms with Crippen molar-refractivity contribution in [2.24, 2.45) is 0 Å². The summed E-state index contributed by atoms with van der Waals surface area (Å²) in [6.07, 6.45) is 1.90. The highest BCUT2D eigenvalue weighted by molar-refractivity contribution is 6.31. The zero-order valence-electron chi connectivity index (χ0n) is 12.0. The van der Waals surface area contributed by atoms with E-state index in [0.29, 0.717) is 12.5 Å². The first-order valence-electron chi connectivity index (χ1n) is 6.82. The summed E-state index contributed by atoms with van der Waals surface area (Å²) in [7, 11) is 0. The van der Waals surface area contributed by atoms with Crippen LogP contribution in [-0.4, -0.2) is 21.5 Å². The van der Waals surface area contributed by atoms with Gasteiger partial charge in [-0.3, -0.25) is 10.4 Å². The van der Waals surface area contributed by atoms with Gasteiger partial charge in [0.05, 0.1) is 5.69 Å². The molecule has 2 rings (SSSR count). The van der Waals surface area contributed by atoms with Gasteiger partial charge in [0.25, 0.3) is 0 Å². The summed E-state index contributed by atoms with van der Waals surface area (Å²) >= 11 is 11.7. The highest BCUT2D eigenvalue weighted by Gasteiger charge is 2.12. The van der Waals surface area contributed by atoms with Gasteiger partial charge in [-0.1, -0.05) is 26.0 Å². The van der Waals surface area contributed by atoms with Gasteiger partial charge in [0.1, 0.15) is 0 Å². The number of nitrogens with one attached hydrogen (secondary N) is 1. The summed E-state index contributed by atoms with van der Waals surface area (Å²) in [5.41, 5.74) is 5.51. The maximum absolute atomic E-state index is 5.84. The van der Waals surface area contributed by atoms with E-state index in [1.54, 1.807) is 0 Å². The van der Waals surface area contributed by atoms with Crippen LogP contribution in [0.3, 0.4) is 0 Å². The standard InChI is InChI=1S/C14H17Cl2N5/c1-3-8-21(14-18-12(15)17-13(16)19-14)20-11-7-5-6-10(4-2)9-11/h5-7,9,20H,3-4,8H2,1-2H3. The van der Waals surface area contributed by atoms with E-state index < -0.39 is 0 Å². The topological polar surface area (TPSA) is 53.9 Å². The van der Waals surface area contributed by atoms with Gasteiger partial charge < -0.3 is 0 Å². The van der Waals surface area contributed by atoms with Crippen molar-refractivity contribution in [1.29, 1.82) is 0 Å². The molecule has 0 aliphatic carbocycles. The summed E-state index contributed by atoms with van der Waals surface area (Å²) in [5, 5.41) is 1.97. The van der Waals surface area contributed by atoms with Crippen LogP contribution in [0.2, 0.25) is 10.6 Å². The number of anilines is 2. The maximum atomic E-state index is 5.84. The molecule has 0 aliphatic heterocycles. The lowest BCUT2D eigenvalue weighted by atomic mass is 10.1. The van der Waals surface area contributed by atoms with Crippen LogP contribution in [0, 0.1) is 0 Å². The number of hydrogen-bond acceptors (Lipinski definition) is 5. The molecule has 112 valence electrons. The minimum absolute atomic E-state index is 0.0789. The molecular weight excluding hydrogens is 309 g/mol. The van der Waals surface area contributed by atoms with Crippen LogP contribution in [0.4, 0.5) is 11.6 Å². The van der Waals surface area contributed by atoms with Crippen LogP contribution in [0.5, 0.6) is 0 Å². The number of rotatable bonds is 6. The monoisotopic (exact) mass is 325 g/mol. The van der Waals surface area contributed by atoms with Gasteiger partial charge in [-0.15, -0.1) is 0 Å². The van der Waals surface area contributed by atoms with Crippen molar-refractivity contribution >= 4 is 34.8 Å². The van der Waals surface area contributed by atoms with Gasteiger partial charge in [-0.2, -0.15) is 15.0 Å². The van der Waals surface area contributed by atoms with Crippen molar-refractivity contribution in [3.63, 3.8) is 0 Å². The maximum Gasteiger partial charge on any atom is 0.250 e. The molecule has 0 saturated heterocycles. The fraction of sp³-hybridized carbons (Fsp3) is 0.357. The highest BCUT2D eigenvalue weighted by Crippen LogP contribution is 2.17. The quantitative estimate of drug-likeness (QED) is 0.814. The second kappa shape index (κ2) is 7.43. The zero-order valence-corrected chi connectivity index (χ0v) is 13.5. The molecule has 0 amide bonds. The minimum Gasteiger partial charge on any atom is -0.296 e. The molecule has 1 aromatic heterocycles. The third-order valence-electron chi connectivity index (χ3n) is 2.86. The fourth-order valence-corrected chi connectivity index (χ4v) is 2.24. The van der Waals surface area contributed by atoms with E-state index in [1.807, 2.05) is 17.1 Å². The predicted molar refractivity (Wildman–Crippen MR) is 86.9 cm³/mol. The number of nitrogens with zero attached hydrogens (tertiary/aromatic N) is 4. The molecule has 0 bridgehead atoms. The van der Waals surface area contributed by atoms with Crippen LogP contribution >= 0.6 is 23.2 Å². The van der Waals surface area contributed by atoms with E-state index in [0.717, 1.165) is 18.5 Å². The van der Waals surface area contributed by atoms with Crippen LogP contribution in [0.15, 0.2) is 24.3 Å². The summed E-state index contributed by atoms with van der Waals surface area (Å²) in [4.78, 5) is 12.0. The van der Waals surface area contributed by atoms with Gasteiger partial charge in [0.15, 0.2) is 0 Å². The second-order valence-corrected chi connectivity index (χ2v) is 5.17. The summed E-state index contributed by atoms with van der Waals surface area (Å²) < 4.78 is 0. The molecule has 0 saturated carbocycles. The molecule has 0 aliphatic rings. The van der Waals surface area contributed by atoms with Gasteiger partial charge in [0, 0.05) is 6.54 Å². The average Bonchev–Trinajstić information content (AvgIpc) is 2.46. The lowest BCUT2D eigenvalue weighted by molar-refractivity contribution is 0.802. The first-order chi connectivity index (χ1) is 10.1. The molecule has 1 heterocycles. The Kier molecular flexibility index (Phi) is 5.59. The Morgan fingerprint density at radius 2 is 1.81 bits per heavy atom. The molecule has 21 heavy (non-hydrogen) atoms. The Labute approximate surface area is 134 Å². The molecule has 0 fully saturated rings. The van der Waals surface area contributed by atoms with Crippen molar-refractivity contribution in [2.45, 2.75) is 26.7 Å². The lowest BCUT2D eigenvalue weighted by Crippen LogP contribution is -2.32. The molecule has 0 atom stereocenters. The number of hydrazine groups is 1. The molecule has 5 nitrogen and oxygen atoms in total. The second-order valence-electron chi connectivity index (χ2n) is 4.49. The smallest absolute Gasteiger partial charge is 0.250 e. The van der Waals surface area contributed by atoms with Gasteiger partial charge in [-0.25, -0.2) is 0 Å². The third kappa shape index (κ3) is 4.44. The number of hydrogen-bond donors (Lipinski definition) is 1. The molecule has 1 N–H and O–H groups in total. The SMILES string of the molecule is CCCN(Nc1cccc(CC)c1)c1nc(Cl)nc(Cl)n1. The Bertz CT molecular complexity index is 585. The Balaban J connectivity index is 2.25. The van der Waals surface area contributed by atoms with E-state index >= 15 is 0 Å². The lowest BCUT2D eigenvalue weighted by Gasteiger charge is -2.24. The van der Waals surface area contributed by atoms with E-state index in [2.05, 4.69) is 46.4 Å². The Morgan fingerprint density at radius 1 is 1.10 bits per heavy atom. The number of aromatic nitrogens is 3. The minimum atomic E-state index is 0.0789. The highest BCUT2D eigenvalue weighted by atomic mass is 35.5. The molecule has 0 unspecified atom stereocenters. The van der Waals surface area contributed by atoms with E-state index in [-0.39, 0.29) is 10.6 Å². The molecule has 0 spiro atoms. The first-order valence-corrected chi connectivity index (χ1v) is 7.58. The summed E-state index contributed by atoms with van der Waals surface area (Å²) in [6.45, 7) is 4.91. The Morgan fingerprint density at radius 3 is 2.43 bits per heavy atom. The summed E-state index contributed by atoms with van der Waals surface area (Å²) in [5.74, 6) is 0.406. The van der Waals surface area contributed by atoms with Crippen molar-refractivity contribution in [3.8, 4) is 0 Å². The van der Waals surface area contributed by atoms with Crippen LogP contribution in [-0.2, 0) is 6.42 Å². The van der Waals surface area contributed by atoms with Gasteiger partial charge in [-0.05, 0) is 53.7 Å². The normalized spacial score (nSPS) is 10.5. The van der Waals surface area contributed by atoms with E-state index in [1.165, 1.54) is 5.56 Å². The fourth-order valence-electron chi connectivity index (χ4n) is 1.88. The largest absolute Gasteiger partial charge is 0.296 e.